The van der Waals surface area contributed by atoms with Crippen molar-refractivity contribution in [2.75, 3.05) is 23.3 Å². The summed E-state index contributed by atoms with van der Waals surface area (Å²) in [5.41, 5.74) is -2.46. The minimum Gasteiger partial charge on any atom is -0.373 e. The molecule has 9 nitrogen and oxygen atoms in total. The number of hydrogen-bond donors (Lipinski definition) is 4. The lowest BCUT2D eigenvalue weighted by Crippen LogP contribution is -2.54. The molecule has 1 aliphatic carbocycles. The minimum atomic E-state index is -5.25. The van der Waals surface area contributed by atoms with Crippen LogP contribution in [-0.2, 0) is 18.4 Å². The Labute approximate surface area is 307 Å². The highest BCUT2D eigenvalue weighted by Crippen LogP contribution is 2.41. The lowest BCUT2D eigenvalue weighted by atomic mass is 9.85. The van der Waals surface area contributed by atoms with Gasteiger partial charge in [0, 0.05) is 32.7 Å². The van der Waals surface area contributed by atoms with E-state index in [4.69, 9.17) is 23.2 Å². The van der Waals surface area contributed by atoms with Crippen molar-refractivity contribution < 1.29 is 54.2 Å². The van der Waals surface area contributed by atoms with Gasteiger partial charge < -0.3 is 30.5 Å². The highest BCUT2D eigenvalue weighted by Gasteiger charge is 2.55. The molecule has 0 bridgehead atoms. The Balaban J connectivity index is 1.44. The molecule has 4 N–H and O–H groups in total. The largest absolute Gasteiger partial charge is 0.426 e. The summed E-state index contributed by atoms with van der Waals surface area (Å²) in [5.74, 6) is -5.22. The fourth-order valence-electron chi connectivity index (χ4n) is 6.49. The monoisotopic (exact) mass is 804 g/mol. The molecule has 2 aromatic carbocycles. The Hall–Kier alpha value is -3.64. The lowest BCUT2D eigenvalue weighted by Gasteiger charge is -2.35. The Morgan fingerprint density at radius 2 is 1.49 bits per heavy atom. The van der Waals surface area contributed by atoms with Crippen molar-refractivity contribution >= 4 is 63.4 Å². The summed E-state index contributed by atoms with van der Waals surface area (Å²) >= 11 is 12.9. The van der Waals surface area contributed by atoms with Gasteiger partial charge in [-0.05, 0) is 69.2 Å². The van der Waals surface area contributed by atoms with E-state index in [1.54, 1.807) is 22.6 Å². The molecule has 1 saturated carbocycles. The average Bonchev–Trinajstić information content (AvgIpc) is 3.38. The highest BCUT2D eigenvalue weighted by molar-refractivity contribution is 6.39. The summed E-state index contributed by atoms with van der Waals surface area (Å²) in [6, 6.07) is 5.17. The zero-order valence-corrected chi connectivity index (χ0v) is 29.7. The second-order valence-electron chi connectivity index (χ2n) is 13.5. The SMILES string of the molecule is Cn1c(Nc2c(Cl)ccc(CNC(=O)[C@@](C)(O)C(F)(F)F)c2Cl)nc2cc(C(=O)NC3CCC(C(F)(F)F)CC3)c(N3CCC(C(F)(F)F)CC3)cc21. The van der Waals surface area contributed by atoms with Crippen LogP contribution in [0.2, 0.25) is 10.0 Å². The van der Waals surface area contributed by atoms with Gasteiger partial charge in [-0.1, -0.05) is 29.3 Å². The molecule has 2 aliphatic rings. The van der Waals surface area contributed by atoms with Gasteiger partial charge in [-0.3, -0.25) is 9.59 Å². The first-order valence-corrected chi connectivity index (χ1v) is 17.3. The first-order valence-electron chi connectivity index (χ1n) is 16.5. The molecule has 20 heteroatoms. The number of nitrogens with one attached hydrogen (secondary N) is 3. The van der Waals surface area contributed by atoms with Crippen LogP contribution in [0.1, 0.15) is 61.4 Å². The van der Waals surface area contributed by atoms with Crippen LogP contribution in [0, 0.1) is 11.8 Å². The number of amides is 2. The van der Waals surface area contributed by atoms with Crippen LogP contribution in [-0.4, -0.2) is 69.7 Å². The van der Waals surface area contributed by atoms with Gasteiger partial charge >= 0.3 is 18.5 Å². The van der Waals surface area contributed by atoms with E-state index in [0.29, 0.717) is 18.1 Å². The summed E-state index contributed by atoms with van der Waals surface area (Å²) in [6.07, 6.45) is -14.5. The van der Waals surface area contributed by atoms with E-state index in [2.05, 4.69) is 15.6 Å². The van der Waals surface area contributed by atoms with Crippen molar-refractivity contribution in [1.29, 1.82) is 0 Å². The van der Waals surface area contributed by atoms with Crippen molar-refractivity contribution in [2.45, 2.75) is 82.2 Å². The van der Waals surface area contributed by atoms with Crippen LogP contribution in [0.3, 0.4) is 0 Å². The first kappa shape index (κ1) is 40.5. The number of carbonyl (C=O) groups excluding carboxylic acids is 2. The van der Waals surface area contributed by atoms with Crippen LogP contribution in [0.4, 0.5) is 56.8 Å². The van der Waals surface area contributed by atoms with Crippen LogP contribution in [0.15, 0.2) is 24.3 Å². The quantitative estimate of drug-likeness (QED) is 0.171. The maximum atomic E-state index is 13.7. The molecule has 0 radical (unpaired) electrons. The smallest absolute Gasteiger partial charge is 0.373 e. The Morgan fingerprint density at radius 3 is 2.06 bits per heavy atom. The summed E-state index contributed by atoms with van der Waals surface area (Å²) in [4.78, 5) is 32.0. The van der Waals surface area contributed by atoms with Crippen LogP contribution in [0.25, 0.3) is 11.0 Å². The maximum absolute atomic E-state index is 13.7. The number of carbonyl (C=O) groups is 2. The molecule has 0 unspecified atom stereocenters. The molecule has 1 aliphatic heterocycles. The number of aliphatic hydroxyl groups is 1. The van der Waals surface area contributed by atoms with E-state index in [1.807, 2.05) is 5.32 Å². The number of anilines is 3. The van der Waals surface area contributed by atoms with Gasteiger partial charge in [0.05, 0.1) is 49.9 Å². The Bertz CT molecular complexity index is 1850. The molecule has 1 atom stereocenters. The second-order valence-corrected chi connectivity index (χ2v) is 14.3. The van der Waals surface area contributed by atoms with Gasteiger partial charge in [-0.25, -0.2) is 4.98 Å². The summed E-state index contributed by atoms with van der Waals surface area (Å²) < 4.78 is 121. The Kier molecular flexibility index (Phi) is 11.4. The minimum absolute atomic E-state index is 0.0252. The maximum Gasteiger partial charge on any atom is 0.426 e. The molecule has 2 fully saturated rings. The number of nitrogens with zero attached hydrogens (tertiary/aromatic N) is 3. The van der Waals surface area contributed by atoms with Gasteiger partial charge in [-0.15, -0.1) is 0 Å². The van der Waals surface area contributed by atoms with Gasteiger partial charge in [0.1, 0.15) is 0 Å². The van der Waals surface area contributed by atoms with Crippen molar-refractivity contribution in [3.8, 4) is 0 Å². The predicted molar refractivity (Wildman–Crippen MR) is 179 cm³/mol. The number of halogens is 11. The molecule has 2 heterocycles. The number of benzene rings is 2. The topological polar surface area (TPSA) is 112 Å². The van der Waals surface area contributed by atoms with Crippen molar-refractivity contribution in [1.82, 2.24) is 20.2 Å². The number of rotatable bonds is 8. The van der Waals surface area contributed by atoms with Gasteiger partial charge in [0.2, 0.25) is 11.5 Å². The molecule has 2 amide bonds. The third-order valence-corrected chi connectivity index (χ3v) is 10.7. The summed E-state index contributed by atoms with van der Waals surface area (Å²) in [5, 5.41) is 17.3. The fourth-order valence-corrected chi connectivity index (χ4v) is 7.03. The van der Waals surface area contributed by atoms with Crippen molar-refractivity contribution in [3.63, 3.8) is 0 Å². The highest BCUT2D eigenvalue weighted by atomic mass is 35.5. The molecule has 1 saturated heterocycles. The number of alkyl halides is 9. The number of imidazole rings is 1. The molecule has 5 rings (SSSR count). The van der Waals surface area contributed by atoms with Crippen LogP contribution >= 0.6 is 23.2 Å². The zero-order chi connectivity index (χ0) is 39.3. The number of aromatic nitrogens is 2. The normalized spacial score (nSPS) is 20.3. The standard InChI is InChI=1S/C33H35Cl2F9N6O3/c1-30(53,33(42,43)44)28(52)45-15-16-3-8-21(34)26(25(16)35)48-29-47-22-13-20(27(51)46-19-6-4-17(5-7-19)31(36,37)38)23(14-24(22)49(29)2)50-11-9-18(10-12-50)32(39,40)41/h3,8,13-14,17-19,53H,4-7,9-12,15H2,1-2H3,(H,45,52)(H,46,51)(H,47,48)/t17?,19?,30-/m1/s1. The van der Waals surface area contributed by atoms with Crippen molar-refractivity contribution in [3.05, 3.63) is 45.4 Å². The molecule has 0 spiro atoms. The van der Waals surface area contributed by atoms with E-state index in [9.17, 15) is 54.2 Å². The number of hydrogen-bond acceptors (Lipinski definition) is 6. The van der Waals surface area contributed by atoms with E-state index < -0.39 is 60.4 Å². The number of aryl methyl sites for hydroxylation is 1. The molecule has 292 valence electrons. The molecular formula is C33H35Cl2F9N6O3. The molecule has 1 aromatic heterocycles. The van der Waals surface area contributed by atoms with E-state index >= 15 is 0 Å². The average molecular weight is 806 g/mol. The second kappa shape index (κ2) is 14.9. The van der Waals surface area contributed by atoms with E-state index in [1.165, 1.54) is 18.2 Å². The molecule has 53 heavy (non-hydrogen) atoms. The third kappa shape index (κ3) is 8.69. The van der Waals surface area contributed by atoms with Crippen LogP contribution in [0.5, 0.6) is 0 Å². The van der Waals surface area contributed by atoms with E-state index in [0.717, 1.165) is 0 Å². The number of piperidine rings is 1. The van der Waals surface area contributed by atoms with Crippen LogP contribution < -0.4 is 20.9 Å². The van der Waals surface area contributed by atoms with Gasteiger partial charge in [0.15, 0.2) is 0 Å². The predicted octanol–water partition coefficient (Wildman–Crippen LogP) is 8.18. The van der Waals surface area contributed by atoms with Gasteiger partial charge in [0.25, 0.3) is 11.8 Å². The van der Waals surface area contributed by atoms with E-state index in [-0.39, 0.29) is 89.9 Å². The Morgan fingerprint density at radius 1 is 0.906 bits per heavy atom. The first-order chi connectivity index (χ1) is 24.5. The van der Waals surface area contributed by atoms with Gasteiger partial charge in [-0.2, -0.15) is 39.5 Å². The molecule has 3 aromatic rings. The number of fused-ring (bicyclic) bond motifs is 1. The molecular weight excluding hydrogens is 770 g/mol. The summed E-state index contributed by atoms with van der Waals surface area (Å²) in [6.45, 7) is -0.272. The third-order valence-electron chi connectivity index (χ3n) is 9.91. The van der Waals surface area contributed by atoms with Crippen molar-refractivity contribution in [2.24, 2.45) is 18.9 Å². The lowest BCUT2D eigenvalue weighted by molar-refractivity contribution is -0.245. The summed E-state index contributed by atoms with van der Waals surface area (Å²) in [7, 11) is 1.58. The fraction of sp³-hybridized carbons (Fsp3) is 0.545. The zero-order valence-electron chi connectivity index (χ0n) is 28.2.